The minimum atomic E-state index is -1.10. The molecule has 2 aliphatic rings. The summed E-state index contributed by atoms with van der Waals surface area (Å²) in [7, 11) is 0. The number of hydrogen-bond donors (Lipinski definition) is 3. The van der Waals surface area contributed by atoms with Crippen LogP contribution in [0.15, 0.2) is 18.2 Å². The SMILES string of the molecule is CC1(C)NC(=O)N(CC(=O)N2CCCNC(=O)c3cc(Cl)ccc3OCCNC(=O)C2)C1=O. The molecular weight excluding hydrogens is 454 g/mol. The molecule has 3 N–H and O–H groups in total. The number of imide groups is 1. The molecule has 6 amide bonds. The van der Waals surface area contributed by atoms with E-state index >= 15 is 0 Å². The van der Waals surface area contributed by atoms with Crippen LogP contribution >= 0.6 is 11.6 Å². The molecule has 1 fully saturated rings. The number of nitrogens with zero attached hydrogens (tertiary/aromatic N) is 2. The van der Waals surface area contributed by atoms with Crippen molar-refractivity contribution in [2.75, 3.05) is 39.3 Å². The van der Waals surface area contributed by atoms with E-state index in [-0.39, 0.29) is 44.3 Å². The van der Waals surface area contributed by atoms with Gasteiger partial charge in [-0.05, 0) is 38.5 Å². The van der Waals surface area contributed by atoms with Crippen LogP contribution in [0.2, 0.25) is 5.02 Å². The summed E-state index contributed by atoms with van der Waals surface area (Å²) in [6, 6.07) is 4.02. The molecule has 11 nitrogen and oxygen atoms in total. The number of nitrogens with one attached hydrogen (secondary N) is 3. The highest BCUT2D eigenvalue weighted by Crippen LogP contribution is 2.23. The van der Waals surface area contributed by atoms with Gasteiger partial charge in [0.15, 0.2) is 0 Å². The van der Waals surface area contributed by atoms with Crippen LogP contribution < -0.4 is 20.7 Å². The molecule has 1 aromatic rings. The smallest absolute Gasteiger partial charge is 0.325 e. The summed E-state index contributed by atoms with van der Waals surface area (Å²) in [4.78, 5) is 64.4. The lowest BCUT2D eigenvalue weighted by atomic mass is 10.1. The summed E-state index contributed by atoms with van der Waals surface area (Å²) >= 11 is 6.00. The van der Waals surface area contributed by atoms with Crippen LogP contribution in [0.5, 0.6) is 5.75 Å². The first-order valence-corrected chi connectivity index (χ1v) is 10.9. The summed E-state index contributed by atoms with van der Waals surface area (Å²) in [5.41, 5.74) is -0.837. The maximum Gasteiger partial charge on any atom is 0.325 e. The van der Waals surface area contributed by atoms with Crippen LogP contribution in [0.4, 0.5) is 4.79 Å². The number of benzene rings is 1. The van der Waals surface area contributed by atoms with Gasteiger partial charge < -0.3 is 25.6 Å². The van der Waals surface area contributed by atoms with Crippen molar-refractivity contribution in [2.24, 2.45) is 0 Å². The van der Waals surface area contributed by atoms with E-state index in [1.807, 2.05) is 0 Å². The molecule has 12 heteroatoms. The summed E-state index contributed by atoms with van der Waals surface area (Å²) in [6.07, 6.45) is 0.340. The highest BCUT2D eigenvalue weighted by Gasteiger charge is 2.45. The zero-order valence-electron chi connectivity index (χ0n) is 18.4. The zero-order chi connectivity index (χ0) is 24.2. The Labute approximate surface area is 195 Å². The highest BCUT2D eigenvalue weighted by atomic mass is 35.5. The zero-order valence-corrected chi connectivity index (χ0v) is 19.2. The molecule has 33 heavy (non-hydrogen) atoms. The van der Waals surface area contributed by atoms with Gasteiger partial charge in [0.2, 0.25) is 11.8 Å². The Hall–Kier alpha value is -3.34. The van der Waals surface area contributed by atoms with Gasteiger partial charge in [0.25, 0.3) is 11.8 Å². The first-order valence-electron chi connectivity index (χ1n) is 10.5. The Balaban J connectivity index is 1.69. The summed E-state index contributed by atoms with van der Waals surface area (Å²) in [5.74, 6) is -1.53. The van der Waals surface area contributed by atoms with Gasteiger partial charge in [0.05, 0.1) is 18.7 Å². The molecule has 0 aromatic heterocycles. The van der Waals surface area contributed by atoms with Gasteiger partial charge in [0, 0.05) is 18.1 Å². The van der Waals surface area contributed by atoms with Gasteiger partial charge in [-0.15, -0.1) is 0 Å². The van der Waals surface area contributed by atoms with Gasteiger partial charge >= 0.3 is 6.03 Å². The van der Waals surface area contributed by atoms with E-state index in [1.165, 1.54) is 11.0 Å². The maximum absolute atomic E-state index is 12.9. The third-order valence-electron chi connectivity index (χ3n) is 5.18. The van der Waals surface area contributed by atoms with Crippen molar-refractivity contribution in [1.29, 1.82) is 0 Å². The van der Waals surface area contributed by atoms with Crippen LogP contribution in [0.3, 0.4) is 0 Å². The fourth-order valence-electron chi connectivity index (χ4n) is 3.44. The van der Waals surface area contributed by atoms with E-state index in [9.17, 15) is 24.0 Å². The fraction of sp³-hybridized carbons (Fsp3) is 0.476. The van der Waals surface area contributed by atoms with Crippen LogP contribution in [0.1, 0.15) is 30.6 Å². The topological polar surface area (TPSA) is 137 Å². The summed E-state index contributed by atoms with van der Waals surface area (Å²) < 4.78 is 5.61. The first-order chi connectivity index (χ1) is 15.6. The van der Waals surface area contributed by atoms with Gasteiger partial charge in [-0.25, -0.2) is 4.79 Å². The number of amides is 6. The van der Waals surface area contributed by atoms with Crippen molar-refractivity contribution in [3.05, 3.63) is 28.8 Å². The monoisotopic (exact) mass is 479 g/mol. The lowest BCUT2D eigenvalue weighted by Crippen LogP contribution is -2.48. The molecule has 0 radical (unpaired) electrons. The number of carbonyl (C=O) groups is 5. The second-order valence-corrected chi connectivity index (χ2v) is 8.65. The predicted molar refractivity (Wildman–Crippen MR) is 118 cm³/mol. The van der Waals surface area contributed by atoms with Crippen LogP contribution in [0.25, 0.3) is 0 Å². The molecule has 0 atom stereocenters. The Bertz CT molecular complexity index is 982. The van der Waals surface area contributed by atoms with Crippen molar-refractivity contribution in [2.45, 2.75) is 25.8 Å². The first kappa shape index (κ1) is 24.3. The lowest BCUT2D eigenvalue weighted by Gasteiger charge is -2.25. The molecule has 0 spiro atoms. The van der Waals surface area contributed by atoms with E-state index in [0.29, 0.717) is 17.2 Å². The fourth-order valence-corrected chi connectivity index (χ4v) is 3.61. The molecule has 2 heterocycles. The Morgan fingerprint density at radius 1 is 1.15 bits per heavy atom. The molecule has 0 unspecified atom stereocenters. The highest BCUT2D eigenvalue weighted by molar-refractivity contribution is 6.31. The number of urea groups is 1. The quantitative estimate of drug-likeness (QED) is 0.515. The Kier molecular flexibility index (Phi) is 7.42. The Morgan fingerprint density at radius 3 is 2.61 bits per heavy atom. The maximum atomic E-state index is 12.9. The number of ether oxygens (including phenoxy) is 1. The van der Waals surface area contributed by atoms with E-state index in [2.05, 4.69) is 16.0 Å². The average molecular weight is 480 g/mol. The second kappa shape index (κ2) is 10.1. The number of rotatable bonds is 2. The van der Waals surface area contributed by atoms with Crippen molar-refractivity contribution in [1.82, 2.24) is 25.8 Å². The van der Waals surface area contributed by atoms with Gasteiger partial charge in [0.1, 0.15) is 24.4 Å². The van der Waals surface area contributed by atoms with E-state index in [4.69, 9.17) is 16.3 Å². The molecule has 3 rings (SSSR count). The van der Waals surface area contributed by atoms with Gasteiger partial charge in [-0.1, -0.05) is 11.6 Å². The molecule has 0 saturated carbocycles. The van der Waals surface area contributed by atoms with E-state index < -0.39 is 35.8 Å². The average Bonchev–Trinajstić information content (AvgIpc) is 2.94. The minimum Gasteiger partial charge on any atom is -0.491 e. The van der Waals surface area contributed by atoms with Crippen molar-refractivity contribution in [3.63, 3.8) is 0 Å². The predicted octanol–water partition coefficient (Wildman–Crippen LogP) is 0.128. The molecule has 1 aromatic carbocycles. The Morgan fingerprint density at radius 2 is 1.91 bits per heavy atom. The number of carbonyl (C=O) groups excluding carboxylic acids is 5. The molecule has 2 aliphatic heterocycles. The normalized spacial score (nSPS) is 19.6. The van der Waals surface area contributed by atoms with Gasteiger partial charge in [-0.3, -0.25) is 24.1 Å². The van der Waals surface area contributed by atoms with Crippen LogP contribution in [0, 0.1) is 0 Å². The third kappa shape index (κ3) is 5.92. The van der Waals surface area contributed by atoms with Crippen LogP contribution in [-0.2, 0) is 14.4 Å². The van der Waals surface area contributed by atoms with Crippen molar-refractivity contribution < 1.29 is 28.7 Å². The molecular formula is C21H26ClN5O6. The molecule has 1 saturated heterocycles. The van der Waals surface area contributed by atoms with Crippen molar-refractivity contribution in [3.8, 4) is 5.75 Å². The van der Waals surface area contributed by atoms with Crippen LogP contribution in [-0.4, -0.2) is 84.3 Å². The van der Waals surface area contributed by atoms with E-state index in [0.717, 1.165) is 4.90 Å². The largest absolute Gasteiger partial charge is 0.491 e. The van der Waals surface area contributed by atoms with Crippen molar-refractivity contribution >= 4 is 41.3 Å². The standard InChI is InChI=1S/C21H26ClN5O6/c1-21(2)19(31)27(20(32)25-21)12-17(29)26-8-3-6-24-18(30)14-10-13(22)4-5-15(14)33-9-7-23-16(28)11-26/h4-5,10H,3,6-9,11-12H2,1-2H3,(H,23,28)(H,24,30)(H,25,32). The second-order valence-electron chi connectivity index (χ2n) is 8.21. The van der Waals surface area contributed by atoms with E-state index in [1.54, 1.807) is 26.0 Å². The number of fused-ring (bicyclic) bond motifs is 1. The third-order valence-corrected chi connectivity index (χ3v) is 5.42. The number of hydrogen-bond acceptors (Lipinski definition) is 6. The lowest BCUT2D eigenvalue weighted by molar-refractivity contribution is -0.140. The summed E-state index contributed by atoms with van der Waals surface area (Å²) in [6.45, 7) is 2.94. The van der Waals surface area contributed by atoms with Gasteiger partial charge in [-0.2, -0.15) is 0 Å². The molecule has 0 aliphatic carbocycles. The molecule has 178 valence electrons. The minimum absolute atomic E-state index is 0.0964. The number of halogens is 1. The molecule has 0 bridgehead atoms. The summed E-state index contributed by atoms with van der Waals surface area (Å²) in [5, 5.41) is 8.29.